The van der Waals surface area contributed by atoms with Gasteiger partial charge >= 0.3 is 0 Å². The minimum absolute atomic E-state index is 0.769. The number of thiophene rings is 1. The minimum Gasteiger partial charge on any atom is -0.400 e. The molecular formula is C19H20N4OS. The molecule has 0 amide bonds. The van der Waals surface area contributed by atoms with Crippen LogP contribution in [-0.2, 0) is 7.05 Å². The Balaban J connectivity index is 0.000000758. The Morgan fingerprint density at radius 2 is 2.00 bits per heavy atom. The maximum atomic E-state index is 7.00. The maximum Gasteiger partial charge on any atom is 0.181 e. The lowest BCUT2D eigenvalue weighted by Gasteiger charge is -2.23. The highest BCUT2D eigenvalue weighted by Crippen LogP contribution is 2.41. The molecule has 0 unspecified atom stereocenters. The second kappa shape index (κ2) is 6.54. The third kappa shape index (κ3) is 2.92. The first-order valence-corrected chi connectivity index (χ1v) is 9.23. The second-order valence-corrected chi connectivity index (χ2v) is 7.37. The van der Waals surface area contributed by atoms with Gasteiger partial charge in [0.25, 0.3) is 0 Å². The highest BCUT2D eigenvalue weighted by molar-refractivity contribution is 7.18. The molecule has 0 radical (unpaired) electrons. The van der Waals surface area contributed by atoms with Crippen molar-refractivity contribution in [2.75, 3.05) is 7.11 Å². The Labute approximate surface area is 150 Å². The Kier molecular flexibility index (Phi) is 4.23. The van der Waals surface area contributed by atoms with E-state index in [0.717, 1.165) is 40.1 Å². The largest absolute Gasteiger partial charge is 0.400 e. The van der Waals surface area contributed by atoms with Gasteiger partial charge < -0.3 is 5.11 Å². The van der Waals surface area contributed by atoms with Crippen LogP contribution in [0.2, 0.25) is 0 Å². The normalized spacial score (nSPS) is 14.4. The summed E-state index contributed by atoms with van der Waals surface area (Å²) in [4.78, 5) is 11.9. The summed E-state index contributed by atoms with van der Waals surface area (Å²) in [5, 5.41) is 13.6. The molecule has 0 saturated heterocycles. The van der Waals surface area contributed by atoms with Gasteiger partial charge in [-0.2, -0.15) is 5.10 Å². The first-order chi connectivity index (χ1) is 12.3. The molecule has 5 rings (SSSR count). The van der Waals surface area contributed by atoms with Gasteiger partial charge in [-0.05, 0) is 43.0 Å². The van der Waals surface area contributed by atoms with Crippen LogP contribution in [0, 0.1) is 0 Å². The quantitative estimate of drug-likeness (QED) is 0.589. The van der Waals surface area contributed by atoms with Gasteiger partial charge in [-0.15, -0.1) is 11.3 Å². The molecule has 0 spiro atoms. The third-order valence-corrected chi connectivity index (χ3v) is 5.89. The van der Waals surface area contributed by atoms with Gasteiger partial charge in [0.15, 0.2) is 5.65 Å². The third-order valence-electron chi connectivity index (χ3n) is 4.68. The van der Waals surface area contributed by atoms with E-state index in [1.807, 2.05) is 30.8 Å². The van der Waals surface area contributed by atoms with Crippen molar-refractivity contribution in [3.05, 3.63) is 41.5 Å². The van der Waals surface area contributed by atoms with Crippen molar-refractivity contribution < 1.29 is 5.11 Å². The molecule has 0 bridgehead atoms. The molecule has 4 aromatic heterocycles. The minimum atomic E-state index is 0.769. The summed E-state index contributed by atoms with van der Waals surface area (Å²) in [6.07, 6.45) is 7.89. The van der Waals surface area contributed by atoms with Crippen molar-refractivity contribution in [2.45, 2.75) is 25.2 Å². The number of hydrogen-bond acceptors (Lipinski definition) is 5. The molecule has 1 fully saturated rings. The average Bonchev–Trinajstić information content (AvgIpc) is 3.15. The van der Waals surface area contributed by atoms with E-state index in [1.54, 1.807) is 4.68 Å². The summed E-state index contributed by atoms with van der Waals surface area (Å²) in [7, 11) is 2.92. The molecule has 6 heteroatoms. The number of aryl methyl sites for hydroxylation is 1. The average molecular weight is 352 g/mol. The highest BCUT2D eigenvalue weighted by atomic mass is 32.1. The summed E-state index contributed by atoms with van der Waals surface area (Å²) in [6.45, 7) is 0. The summed E-state index contributed by atoms with van der Waals surface area (Å²) in [5.41, 5.74) is 2.81. The zero-order chi connectivity index (χ0) is 17.4. The van der Waals surface area contributed by atoms with Gasteiger partial charge in [0.2, 0.25) is 0 Å². The van der Waals surface area contributed by atoms with Crippen LogP contribution in [0.1, 0.15) is 30.1 Å². The van der Waals surface area contributed by atoms with Crippen molar-refractivity contribution in [1.29, 1.82) is 0 Å². The topological polar surface area (TPSA) is 63.8 Å². The smallest absolute Gasteiger partial charge is 0.181 e. The van der Waals surface area contributed by atoms with Gasteiger partial charge in [-0.1, -0.05) is 6.42 Å². The number of pyridine rings is 2. The van der Waals surface area contributed by atoms with Crippen molar-refractivity contribution in [3.63, 3.8) is 0 Å². The summed E-state index contributed by atoms with van der Waals surface area (Å²) < 4.78 is 1.79. The maximum absolute atomic E-state index is 7.00. The number of hydrogen-bond donors (Lipinski definition) is 1. The fraction of sp³-hybridized carbons (Fsp3) is 0.316. The monoisotopic (exact) mass is 352 g/mol. The van der Waals surface area contributed by atoms with Crippen LogP contribution >= 0.6 is 11.3 Å². The van der Waals surface area contributed by atoms with Gasteiger partial charge in [0.05, 0.1) is 5.69 Å². The van der Waals surface area contributed by atoms with E-state index in [0.29, 0.717) is 0 Å². The van der Waals surface area contributed by atoms with Gasteiger partial charge in [-0.3, -0.25) is 4.68 Å². The Morgan fingerprint density at radius 1 is 1.16 bits per heavy atom. The SMILES string of the molecule is CO.Cn1cc2cc(-c3ccc4cc(C5CCC5)sc4n3)cnc2n1. The van der Waals surface area contributed by atoms with Crippen LogP contribution in [0.5, 0.6) is 0 Å². The summed E-state index contributed by atoms with van der Waals surface area (Å²) >= 11 is 1.85. The lowest BCUT2D eigenvalue weighted by molar-refractivity contribution is 0.399. The molecule has 0 aromatic carbocycles. The van der Waals surface area contributed by atoms with E-state index in [1.165, 1.54) is 29.5 Å². The number of nitrogens with zero attached hydrogens (tertiary/aromatic N) is 4. The van der Waals surface area contributed by atoms with Gasteiger partial charge in [0, 0.05) is 47.8 Å². The first kappa shape index (κ1) is 16.2. The fourth-order valence-electron chi connectivity index (χ4n) is 3.16. The van der Waals surface area contributed by atoms with Crippen LogP contribution in [0.4, 0.5) is 0 Å². The standard InChI is InChI=1S/C18H16N4S.CH4O/c1-22-10-14-7-13(9-19-17(14)21-22)15-6-5-12-8-16(11-3-2-4-11)23-18(12)20-15;1-2/h5-11H,2-4H2,1H3;2H,1H3. The zero-order valence-electron chi connectivity index (χ0n) is 14.3. The molecule has 1 aliphatic carbocycles. The van der Waals surface area contributed by atoms with E-state index in [9.17, 15) is 0 Å². The number of fused-ring (bicyclic) bond motifs is 2. The lowest BCUT2D eigenvalue weighted by Crippen LogP contribution is -2.06. The van der Waals surface area contributed by atoms with E-state index in [-0.39, 0.29) is 0 Å². The number of aliphatic hydroxyl groups excluding tert-OH is 1. The van der Waals surface area contributed by atoms with Crippen LogP contribution in [0.25, 0.3) is 32.5 Å². The predicted molar refractivity (Wildman–Crippen MR) is 102 cm³/mol. The molecule has 0 aliphatic heterocycles. The number of aromatic nitrogens is 4. The Morgan fingerprint density at radius 3 is 2.76 bits per heavy atom. The summed E-state index contributed by atoms with van der Waals surface area (Å²) in [5.74, 6) is 0.769. The van der Waals surface area contributed by atoms with Crippen molar-refractivity contribution >= 4 is 32.6 Å². The number of aliphatic hydroxyl groups is 1. The Hall–Kier alpha value is -2.31. The van der Waals surface area contributed by atoms with Crippen molar-refractivity contribution in [2.24, 2.45) is 7.05 Å². The molecular weight excluding hydrogens is 332 g/mol. The van der Waals surface area contributed by atoms with E-state index < -0.39 is 0 Å². The molecule has 4 aromatic rings. The van der Waals surface area contributed by atoms with E-state index in [4.69, 9.17) is 10.1 Å². The first-order valence-electron chi connectivity index (χ1n) is 8.41. The van der Waals surface area contributed by atoms with E-state index >= 15 is 0 Å². The van der Waals surface area contributed by atoms with Crippen molar-refractivity contribution in [1.82, 2.24) is 19.7 Å². The lowest BCUT2D eigenvalue weighted by atomic mass is 9.84. The molecule has 1 aliphatic rings. The van der Waals surface area contributed by atoms with Crippen molar-refractivity contribution in [3.8, 4) is 11.3 Å². The molecule has 1 N–H and O–H groups in total. The predicted octanol–water partition coefficient (Wildman–Crippen LogP) is 4.12. The molecule has 25 heavy (non-hydrogen) atoms. The number of rotatable bonds is 2. The van der Waals surface area contributed by atoms with Gasteiger partial charge in [0.1, 0.15) is 4.83 Å². The van der Waals surface area contributed by atoms with E-state index in [2.05, 4.69) is 34.3 Å². The zero-order valence-corrected chi connectivity index (χ0v) is 15.1. The molecule has 1 saturated carbocycles. The van der Waals surface area contributed by atoms with Crippen LogP contribution in [-0.4, -0.2) is 32.0 Å². The molecule has 4 heterocycles. The Bertz CT molecular complexity index is 1030. The highest BCUT2D eigenvalue weighted by Gasteiger charge is 2.21. The van der Waals surface area contributed by atoms with Crippen LogP contribution in [0.3, 0.4) is 0 Å². The van der Waals surface area contributed by atoms with Crippen LogP contribution in [0.15, 0.2) is 36.7 Å². The molecule has 128 valence electrons. The van der Waals surface area contributed by atoms with Gasteiger partial charge in [-0.25, -0.2) is 9.97 Å². The molecule has 5 nitrogen and oxygen atoms in total. The molecule has 0 atom stereocenters. The van der Waals surface area contributed by atoms with Crippen LogP contribution < -0.4 is 0 Å². The fourth-order valence-corrected chi connectivity index (χ4v) is 4.36. The summed E-state index contributed by atoms with van der Waals surface area (Å²) in [6, 6.07) is 8.72. The second-order valence-electron chi connectivity index (χ2n) is 6.31.